The Balaban J connectivity index is 2.23. The molecule has 18 heavy (non-hydrogen) atoms. The molecule has 0 aliphatic carbocycles. The molecule has 4 heteroatoms. The van der Waals surface area contributed by atoms with Crippen molar-refractivity contribution >= 4 is 27.2 Å². The molecule has 3 aromatic rings. The fourth-order valence-corrected chi connectivity index (χ4v) is 2.90. The number of hydrogen-bond donors (Lipinski definition) is 1. The highest BCUT2D eigenvalue weighted by Gasteiger charge is 2.01. The van der Waals surface area contributed by atoms with Gasteiger partial charge in [-0.1, -0.05) is 29.5 Å². The van der Waals surface area contributed by atoms with Crippen LogP contribution in [0.15, 0.2) is 53.5 Å². The number of thiazole rings is 1. The summed E-state index contributed by atoms with van der Waals surface area (Å²) in [6.07, 6.45) is 0. The highest BCUT2D eigenvalue weighted by Crippen LogP contribution is 2.20. The number of aromatic nitrogens is 1. The minimum absolute atomic E-state index is 0.236. The Morgan fingerprint density at radius 3 is 2.72 bits per heavy atom. The van der Waals surface area contributed by atoms with Gasteiger partial charge in [0.2, 0.25) is 0 Å². The molecular formula is C14H12N2OS. The van der Waals surface area contributed by atoms with E-state index in [1.807, 2.05) is 25.2 Å². The Kier molecular flexibility index (Phi) is 2.64. The van der Waals surface area contributed by atoms with Gasteiger partial charge in [-0.3, -0.25) is 0 Å². The predicted octanol–water partition coefficient (Wildman–Crippen LogP) is 3.18. The summed E-state index contributed by atoms with van der Waals surface area (Å²) in [5.41, 5.74) is 1.93. The van der Waals surface area contributed by atoms with Crippen molar-refractivity contribution in [1.29, 1.82) is 0 Å². The van der Waals surface area contributed by atoms with Crippen LogP contribution in [-0.2, 0) is 7.05 Å². The minimum Gasteiger partial charge on any atom is -0.508 e. The molecule has 0 saturated carbocycles. The molecule has 0 unspecified atom stereocenters. The van der Waals surface area contributed by atoms with E-state index in [4.69, 9.17) is 0 Å². The molecule has 0 spiro atoms. The number of hydrogen-bond acceptors (Lipinski definition) is 3. The first-order chi connectivity index (χ1) is 8.74. The average Bonchev–Trinajstić information content (AvgIpc) is 2.67. The normalized spacial score (nSPS) is 12.2. The summed E-state index contributed by atoms with van der Waals surface area (Å²) < 4.78 is 3.27. The predicted molar refractivity (Wildman–Crippen MR) is 74.1 cm³/mol. The monoisotopic (exact) mass is 256 g/mol. The zero-order valence-electron chi connectivity index (χ0n) is 9.87. The Hall–Kier alpha value is -2.07. The van der Waals surface area contributed by atoms with Gasteiger partial charge in [-0.05, 0) is 24.3 Å². The van der Waals surface area contributed by atoms with Crippen molar-refractivity contribution < 1.29 is 5.11 Å². The van der Waals surface area contributed by atoms with Crippen molar-refractivity contribution in [3.63, 3.8) is 0 Å². The quantitative estimate of drug-likeness (QED) is 0.713. The third kappa shape index (κ3) is 1.91. The lowest BCUT2D eigenvalue weighted by Crippen LogP contribution is -2.08. The fourth-order valence-electron chi connectivity index (χ4n) is 1.86. The number of para-hydroxylation sites is 1. The van der Waals surface area contributed by atoms with Gasteiger partial charge in [0, 0.05) is 13.1 Å². The molecule has 2 aromatic carbocycles. The molecule has 0 bridgehead atoms. The van der Waals surface area contributed by atoms with E-state index >= 15 is 0 Å². The number of aryl methyl sites for hydroxylation is 1. The zero-order valence-corrected chi connectivity index (χ0v) is 10.7. The van der Waals surface area contributed by atoms with Gasteiger partial charge >= 0.3 is 0 Å². The maximum Gasteiger partial charge on any atom is 0.190 e. The van der Waals surface area contributed by atoms with Gasteiger partial charge in [-0.2, -0.15) is 0 Å². The van der Waals surface area contributed by atoms with E-state index < -0.39 is 0 Å². The van der Waals surface area contributed by atoms with Crippen molar-refractivity contribution in [2.75, 3.05) is 0 Å². The van der Waals surface area contributed by atoms with Crippen molar-refractivity contribution in [2.24, 2.45) is 12.0 Å². The summed E-state index contributed by atoms with van der Waals surface area (Å²) in [6.45, 7) is 0. The summed E-state index contributed by atoms with van der Waals surface area (Å²) in [7, 11) is 2.00. The summed E-state index contributed by atoms with van der Waals surface area (Å²) in [6, 6.07) is 15.2. The third-order valence-electron chi connectivity index (χ3n) is 2.77. The number of phenols is 1. The molecule has 0 atom stereocenters. The first-order valence-corrected chi connectivity index (χ1v) is 6.44. The largest absolute Gasteiger partial charge is 0.508 e. The van der Waals surface area contributed by atoms with Crippen molar-refractivity contribution in [1.82, 2.24) is 4.57 Å². The maximum atomic E-state index is 9.44. The van der Waals surface area contributed by atoms with E-state index in [9.17, 15) is 5.11 Å². The number of fused-ring (bicyclic) bond motifs is 1. The lowest BCUT2D eigenvalue weighted by molar-refractivity contribution is 0.475. The molecule has 0 amide bonds. The lowest BCUT2D eigenvalue weighted by Gasteiger charge is -1.96. The highest BCUT2D eigenvalue weighted by atomic mass is 32.1. The van der Waals surface area contributed by atoms with Crippen LogP contribution in [-0.4, -0.2) is 9.67 Å². The van der Waals surface area contributed by atoms with Crippen LogP contribution in [0.25, 0.3) is 10.2 Å². The van der Waals surface area contributed by atoms with E-state index in [0.29, 0.717) is 0 Å². The topological polar surface area (TPSA) is 37.5 Å². The van der Waals surface area contributed by atoms with Crippen LogP contribution in [0.3, 0.4) is 0 Å². The second-order valence-electron chi connectivity index (χ2n) is 4.04. The minimum atomic E-state index is 0.236. The Bertz CT molecular complexity index is 771. The van der Waals surface area contributed by atoms with Gasteiger partial charge in [0.25, 0.3) is 0 Å². The average molecular weight is 256 g/mol. The molecule has 1 N–H and O–H groups in total. The van der Waals surface area contributed by atoms with Crippen LogP contribution in [0.1, 0.15) is 0 Å². The smallest absolute Gasteiger partial charge is 0.190 e. The Labute approximate surface area is 108 Å². The van der Waals surface area contributed by atoms with E-state index in [1.165, 1.54) is 10.2 Å². The van der Waals surface area contributed by atoms with E-state index in [1.54, 1.807) is 29.5 Å². The lowest BCUT2D eigenvalue weighted by atomic mass is 10.3. The van der Waals surface area contributed by atoms with E-state index in [2.05, 4.69) is 21.7 Å². The number of aromatic hydroxyl groups is 1. The van der Waals surface area contributed by atoms with Crippen molar-refractivity contribution in [3.8, 4) is 5.75 Å². The zero-order chi connectivity index (χ0) is 12.5. The van der Waals surface area contributed by atoms with Gasteiger partial charge in [-0.25, -0.2) is 4.99 Å². The molecule has 0 aliphatic heterocycles. The van der Waals surface area contributed by atoms with Gasteiger partial charge in [0.1, 0.15) is 5.75 Å². The summed E-state index contributed by atoms with van der Waals surface area (Å²) in [4.78, 5) is 5.48. The Morgan fingerprint density at radius 2 is 1.94 bits per heavy atom. The second kappa shape index (κ2) is 4.31. The standard InChI is InChI=1S/C14H12N2OS/c1-16-12-7-2-3-8-13(12)18-14(16)15-10-5-4-6-11(17)9-10/h2-9,17H,1H3. The van der Waals surface area contributed by atoms with Crippen molar-refractivity contribution in [2.45, 2.75) is 0 Å². The molecule has 3 nitrogen and oxygen atoms in total. The second-order valence-corrected chi connectivity index (χ2v) is 5.05. The van der Waals surface area contributed by atoms with Crippen LogP contribution < -0.4 is 4.80 Å². The molecular weight excluding hydrogens is 244 g/mol. The summed E-state index contributed by atoms with van der Waals surface area (Å²) in [5.74, 6) is 0.236. The molecule has 0 radical (unpaired) electrons. The Morgan fingerprint density at radius 1 is 1.11 bits per heavy atom. The molecule has 0 aliphatic rings. The first kappa shape index (κ1) is 11.0. The van der Waals surface area contributed by atoms with Gasteiger partial charge in [0.05, 0.1) is 15.9 Å². The maximum absolute atomic E-state index is 9.44. The SMILES string of the molecule is Cn1c(=Nc2cccc(O)c2)sc2ccccc21. The first-order valence-electron chi connectivity index (χ1n) is 5.62. The molecule has 1 heterocycles. The number of phenolic OH excluding ortho intramolecular Hbond substituents is 1. The highest BCUT2D eigenvalue weighted by molar-refractivity contribution is 7.16. The molecule has 90 valence electrons. The van der Waals surface area contributed by atoms with Crippen LogP contribution in [0.4, 0.5) is 5.69 Å². The molecule has 0 saturated heterocycles. The number of benzene rings is 2. The number of nitrogens with zero attached hydrogens (tertiary/aromatic N) is 2. The number of rotatable bonds is 1. The van der Waals surface area contributed by atoms with Crippen LogP contribution in [0.5, 0.6) is 5.75 Å². The molecule has 3 rings (SSSR count). The fraction of sp³-hybridized carbons (Fsp3) is 0.0714. The summed E-state index contributed by atoms with van der Waals surface area (Å²) >= 11 is 1.64. The molecule has 0 fully saturated rings. The van der Waals surface area contributed by atoms with E-state index in [-0.39, 0.29) is 5.75 Å². The van der Waals surface area contributed by atoms with E-state index in [0.717, 1.165) is 10.5 Å². The van der Waals surface area contributed by atoms with Gasteiger partial charge < -0.3 is 9.67 Å². The van der Waals surface area contributed by atoms with Crippen LogP contribution >= 0.6 is 11.3 Å². The van der Waals surface area contributed by atoms with Crippen molar-refractivity contribution in [3.05, 3.63) is 53.3 Å². The van der Waals surface area contributed by atoms with Gasteiger partial charge in [0.15, 0.2) is 4.80 Å². The van der Waals surface area contributed by atoms with Gasteiger partial charge in [-0.15, -0.1) is 0 Å². The van der Waals surface area contributed by atoms with Crippen LogP contribution in [0, 0.1) is 0 Å². The molecule has 1 aromatic heterocycles. The van der Waals surface area contributed by atoms with Crippen LogP contribution in [0.2, 0.25) is 0 Å². The summed E-state index contributed by atoms with van der Waals surface area (Å²) in [5, 5.41) is 9.44. The third-order valence-corrected chi connectivity index (χ3v) is 3.88.